The lowest BCUT2D eigenvalue weighted by atomic mass is 10.2. The average Bonchev–Trinajstić information content (AvgIpc) is 3.07. The van der Waals surface area contributed by atoms with Gasteiger partial charge in [0, 0.05) is 6.07 Å². The highest BCUT2D eigenvalue weighted by Gasteiger charge is 2.24. The van der Waals surface area contributed by atoms with Crippen molar-refractivity contribution >= 4 is 11.7 Å². The van der Waals surface area contributed by atoms with Gasteiger partial charge in [-0.2, -0.15) is 5.10 Å². The Hall–Kier alpha value is -1.36. The Morgan fingerprint density at radius 2 is 2.11 bits per heavy atom. The van der Waals surface area contributed by atoms with Gasteiger partial charge in [-0.1, -0.05) is 6.92 Å². The molecule has 1 aromatic heterocycles. The zero-order valence-electron chi connectivity index (χ0n) is 12.1. The van der Waals surface area contributed by atoms with E-state index in [0.717, 1.165) is 25.3 Å². The molecule has 1 aliphatic heterocycles. The van der Waals surface area contributed by atoms with Crippen molar-refractivity contribution in [2.24, 2.45) is 0 Å². The first-order valence-electron chi connectivity index (χ1n) is 7.22. The number of carbonyl (C=O) groups excluding carboxylic acids is 1. The number of rotatable bonds is 5. The van der Waals surface area contributed by atoms with Gasteiger partial charge in [0.25, 0.3) is 0 Å². The van der Waals surface area contributed by atoms with Crippen LogP contribution in [0.4, 0.5) is 5.82 Å². The lowest BCUT2D eigenvalue weighted by molar-refractivity contribution is -0.120. The van der Waals surface area contributed by atoms with Crippen LogP contribution in [-0.4, -0.2) is 39.7 Å². The number of nitrogens with zero attached hydrogens (tertiary/aromatic N) is 3. The number of carbonyl (C=O) groups is 1. The van der Waals surface area contributed by atoms with Gasteiger partial charge in [-0.05, 0) is 46.2 Å². The Bertz CT molecular complexity index is 423. The summed E-state index contributed by atoms with van der Waals surface area (Å²) in [4.78, 5) is 14.5. The van der Waals surface area contributed by atoms with Crippen molar-refractivity contribution in [2.45, 2.75) is 52.1 Å². The average molecular weight is 264 g/mol. The Morgan fingerprint density at radius 1 is 1.42 bits per heavy atom. The molecule has 0 radical (unpaired) electrons. The summed E-state index contributed by atoms with van der Waals surface area (Å²) in [5.41, 5.74) is 0. The summed E-state index contributed by atoms with van der Waals surface area (Å²) in [6, 6.07) is 2.09. The summed E-state index contributed by atoms with van der Waals surface area (Å²) in [7, 11) is 0. The highest BCUT2D eigenvalue weighted by Crippen LogP contribution is 2.18. The van der Waals surface area contributed by atoms with Gasteiger partial charge in [0.1, 0.15) is 5.82 Å². The second-order valence-corrected chi connectivity index (χ2v) is 5.33. The molecule has 1 aliphatic rings. The van der Waals surface area contributed by atoms with Crippen molar-refractivity contribution in [1.82, 2.24) is 14.7 Å². The predicted molar refractivity (Wildman–Crippen MR) is 76.1 cm³/mol. The first-order valence-corrected chi connectivity index (χ1v) is 7.22. The second kappa shape index (κ2) is 6.19. The molecule has 1 N–H and O–H groups in total. The number of amides is 1. The van der Waals surface area contributed by atoms with Gasteiger partial charge in [0.15, 0.2) is 0 Å². The molecule has 0 unspecified atom stereocenters. The number of hydrogen-bond acceptors (Lipinski definition) is 3. The minimum absolute atomic E-state index is 0.0620. The molecule has 2 atom stereocenters. The number of anilines is 1. The standard InChI is InChI=1S/C14H24N4O/c1-4-11(2)18-13(7-8-15-18)16-14(19)12(3)17-9-5-6-10-17/h7-8,11-12H,4-6,9-10H2,1-3H3,(H,16,19)/t11-,12-/m0/s1. The molecule has 0 saturated carbocycles. The monoisotopic (exact) mass is 264 g/mol. The van der Waals surface area contributed by atoms with Crippen LogP contribution in [0.15, 0.2) is 12.3 Å². The summed E-state index contributed by atoms with van der Waals surface area (Å²) < 4.78 is 1.88. The molecule has 0 bridgehead atoms. The topological polar surface area (TPSA) is 50.2 Å². The van der Waals surface area contributed by atoms with Crippen LogP contribution in [0.3, 0.4) is 0 Å². The second-order valence-electron chi connectivity index (χ2n) is 5.33. The normalized spacial score (nSPS) is 19.3. The van der Waals surface area contributed by atoms with E-state index in [1.54, 1.807) is 6.20 Å². The molecular formula is C14H24N4O. The Labute approximate surface area is 115 Å². The smallest absolute Gasteiger partial charge is 0.242 e. The van der Waals surface area contributed by atoms with E-state index < -0.39 is 0 Å². The third kappa shape index (κ3) is 3.15. The van der Waals surface area contributed by atoms with E-state index in [0.29, 0.717) is 6.04 Å². The SMILES string of the molecule is CC[C@H](C)n1nccc1NC(=O)[C@H](C)N1CCCC1. The zero-order chi connectivity index (χ0) is 13.8. The third-order valence-electron chi connectivity index (χ3n) is 4.00. The van der Waals surface area contributed by atoms with Crippen LogP contribution >= 0.6 is 0 Å². The van der Waals surface area contributed by atoms with Gasteiger partial charge in [-0.25, -0.2) is 4.68 Å². The van der Waals surface area contributed by atoms with Crippen molar-refractivity contribution in [2.75, 3.05) is 18.4 Å². The minimum Gasteiger partial charge on any atom is -0.310 e. The highest BCUT2D eigenvalue weighted by atomic mass is 16.2. The molecule has 5 heteroatoms. The van der Waals surface area contributed by atoms with Crippen LogP contribution in [0.1, 0.15) is 46.1 Å². The van der Waals surface area contributed by atoms with Crippen LogP contribution < -0.4 is 5.32 Å². The molecule has 0 aliphatic carbocycles. The van der Waals surface area contributed by atoms with Gasteiger partial charge in [0.2, 0.25) is 5.91 Å². The molecule has 0 spiro atoms. The first-order chi connectivity index (χ1) is 9.13. The van der Waals surface area contributed by atoms with Gasteiger partial charge in [0.05, 0.1) is 18.3 Å². The van der Waals surface area contributed by atoms with Gasteiger partial charge in [-0.15, -0.1) is 0 Å². The molecule has 2 rings (SSSR count). The van der Waals surface area contributed by atoms with Crippen molar-refractivity contribution in [3.05, 3.63) is 12.3 Å². The molecule has 2 heterocycles. The lowest BCUT2D eigenvalue weighted by Crippen LogP contribution is -2.40. The summed E-state index contributed by atoms with van der Waals surface area (Å²) in [6.45, 7) is 8.25. The maximum absolute atomic E-state index is 12.3. The van der Waals surface area contributed by atoms with Gasteiger partial charge in [-0.3, -0.25) is 9.69 Å². The van der Waals surface area contributed by atoms with Gasteiger partial charge >= 0.3 is 0 Å². The van der Waals surface area contributed by atoms with E-state index >= 15 is 0 Å². The van der Waals surface area contributed by atoms with E-state index in [4.69, 9.17) is 0 Å². The molecular weight excluding hydrogens is 240 g/mol. The van der Waals surface area contributed by atoms with Crippen LogP contribution in [0.2, 0.25) is 0 Å². The van der Waals surface area contributed by atoms with E-state index in [-0.39, 0.29) is 11.9 Å². The van der Waals surface area contributed by atoms with Crippen molar-refractivity contribution in [3.8, 4) is 0 Å². The largest absolute Gasteiger partial charge is 0.310 e. The third-order valence-corrected chi connectivity index (χ3v) is 4.00. The molecule has 1 saturated heterocycles. The molecule has 0 aromatic carbocycles. The summed E-state index contributed by atoms with van der Waals surface area (Å²) in [5.74, 6) is 0.859. The molecule has 5 nitrogen and oxygen atoms in total. The summed E-state index contributed by atoms with van der Waals surface area (Å²) in [6.07, 6.45) is 5.12. The molecule has 106 valence electrons. The van der Waals surface area contributed by atoms with Crippen molar-refractivity contribution < 1.29 is 4.79 Å². The Kier molecular flexibility index (Phi) is 4.58. The minimum atomic E-state index is -0.0669. The molecule has 1 aromatic rings. The summed E-state index contributed by atoms with van der Waals surface area (Å²) in [5, 5.41) is 7.29. The molecule has 1 amide bonds. The van der Waals surface area contributed by atoms with Crippen LogP contribution in [-0.2, 0) is 4.79 Å². The number of nitrogens with one attached hydrogen (secondary N) is 1. The maximum atomic E-state index is 12.3. The van der Waals surface area contributed by atoms with Crippen LogP contribution in [0.5, 0.6) is 0 Å². The van der Waals surface area contributed by atoms with E-state index in [1.807, 2.05) is 17.7 Å². The number of aromatic nitrogens is 2. The fourth-order valence-corrected chi connectivity index (χ4v) is 2.46. The van der Waals surface area contributed by atoms with Crippen molar-refractivity contribution in [3.63, 3.8) is 0 Å². The van der Waals surface area contributed by atoms with E-state index in [2.05, 4.69) is 29.2 Å². The number of likely N-dealkylation sites (tertiary alicyclic amines) is 1. The maximum Gasteiger partial charge on any atom is 0.242 e. The van der Waals surface area contributed by atoms with Crippen molar-refractivity contribution in [1.29, 1.82) is 0 Å². The molecule has 19 heavy (non-hydrogen) atoms. The quantitative estimate of drug-likeness (QED) is 0.887. The first kappa shape index (κ1) is 14.1. The fourth-order valence-electron chi connectivity index (χ4n) is 2.46. The van der Waals surface area contributed by atoms with Crippen LogP contribution in [0, 0.1) is 0 Å². The Balaban J connectivity index is 2.00. The predicted octanol–water partition coefficient (Wildman–Crippen LogP) is 2.28. The van der Waals surface area contributed by atoms with E-state index in [1.165, 1.54) is 12.8 Å². The Morgan fingerprint density at radius 3 is 2.74 bits per heavy atom. The zero-order valence-corrected chi connectivity index (χ0v) is 12.1. The van der Waals surface area contributed by atoms with Gasteiger partial charge < -0.3 is 5.32 Å². The molecule has 1 fully saturated rings. The highest BCUT2D eigenvalue weighted by molar-refractivity contribution is 5.93. The fraction of sp³-hybridized carbons (Fsp3) is 0.714. The van der Waals surface area contributed by atoms with E-state index in [9.17, 15) is 4.79 Å². The number of hydrogen-bond donors (Lipinski definition) is 1. The van der Waals surface area contributed by atoms with Crippen LogP contribution in [0.25, 0.3) is 0 Å². The lowest BCUT2D eigenvalue weighted by Gasteiger charge is -2.23. The summed E-state index contributed by atoms with van der Waals surface area (Å²) >= 11 is 0.